The van der Waals surface area contributed by atoms with Crippen molar-refractivity contribution in [3.63, 3.8) is 0 Å². The van der Waals surface area contributed by atoms with Gasteiger partial charge in [-0.05, 0) is 49.1 Å². The first kappa shape index (κ1) is 16.3. The highest BCUT2D eigenvalue weighted by Gasteiger charge is 2.32. The first-order valence-electron chi connectivity index (χ1n) is 8.04. The Hall–Kier alpha value is -1.06. The number of pyridine rings is 1. The van der Waals surface area contributed by atoms with Crippen LogP contribution in [0.5, 0.6) is 0 Å². The van der Waals surface area contributed by atoms with E-state index < -0.39 is 11.9 Å². The largest absolute Gasteiger partial charge is 0.433 e. The normalized spacial score (nSPS) is 23.2. The van der Waals surface area contributed by atoms with Crippen molar-refractivity contribution in [3.05, 3.63) is 29.6 Å². The second-order valence-corrected chi connectivity index (χ2v) is 6.19. The van der Waals surface area contributed by atoms with E-state index in [0.717, 1.165) is 30.4 Å². The van der Waals surface area contributed by atoms with Gasteiger partial charge >= 0.3 is 6.18 Å². The van der Waals surface area contributed by atoms with E-state index in [1.54, 1.807) is 6.07 Å². The van der Waals surface area contributed by atoms with E-state index in [0.29, 0.717) is 5.92 Å². The molecule has 2 rings (SSSR count). The van der Waals surface area contributed by atoms with Crippen molar-refractivity contribution in [3.8, 4) is 0 Å². The van der Waals surface area contributed by atoms with Crippen LogP contribution < -0.4 is 0 Å². The number of unbranched alkanes of at least 4 members (excludes halogenated alkanes) is 2. The Bertz CT molecular complexity index is 417. The second-order valence-electron chi connectivity index (χ2n) is 6.19. The second kappa shape index (κ2) is 7.28. The van der Waals surface area contributed by atoms with Crippen LogP contribution in [0.4, 0.5) is 13.2 Å². The average molecular weight is 299 g/mol. The predicted octanol–water partition coefficient (Wildman–Crippen LogP) is 5.95. The maximum atomic E-state index is 12.5. The van der Waals surface area contributed by atoms with Crippen molar-refractivity contribution in [2.75, 3.05) is 0 Å². The quantitative estimate of drug-likeness (QED) is 0.612. The van der Waals surface area contributed by atoms with Crippen LogP contribution in [-0.4, -0.2) is 4.98 Å². The molecule has 0 aromatic carbocycles. The molecule has 0 N–H and O–H groups in total. The van der Waals surface area contributed by atoms with E-state index in [2.05, 4.69) is 11.9 Å². The van der Waals surface area contributed by atoms with Crippen LogP contribution in [0.2, 0.25) is 0 Å². The zero-order valence-electron chi connectivity index (χ0n) is 12.6. The van der Waals surface area contributed by atoms with Crippen LogP contribution in [0.25, 0.3) is 0 Å². The number of hydrogen-bond acceptors (Lipinski definition) is 1. The molecular formula is C17H24F3N. The SMILES string of the molecule is CCCCCC1CCC(c2ccc(C(F)(F)F)nc2)CC1. The van der Waals surface area contributed by atoms with Gasteiger partial charge in [-0.25, -0.2) is 0 Å². The number of nitrogens with zero attached hydrogens (tertiary/aromatic N) is 1. The van der Waals surface area contributed by atoms with E-state index >= 15 is 0 Å². The smallest absolute Gasteiger partial charge is 0.251 e. The molecule has 4 heteroatoms. The highest BCUT2D eigenvalue weighted by molar-refractivity contribution is 5.20. The number of hydrogen-bond donors (Lipinski definition) is 0. The Morgan fingerprint density at radius 1 is 1.10 bits per heavy atom. The minimum Gasteiger partial charge on any atom is -0.251 e. The van der Waals surface area contributed by atoms with Gasteiger partial charge in [-0.1, -0.05) is 38.7 Å². The molecule has 1 aromatic heterocycles. The van der Waals surface area contributed by atoms with Gasteiger partial charge in [-0.3, -0.25) is 4.98 Å². The molecule has 0 amide bonds. The van der Waals surface area contributed by atoms with E-state index in [1.165, 1.54) is 44.7 Å². The number of alkyl halides is 3. The first-order chi connectivity index (χ1) is 10.0. The fraction of sp³-hybridized carbons (Fsp3) is 0.706. The monoisotopic (exact) mass is 299 g/mol. The van der Waals surface area contributed by atoms with Gasteiger partial charge < -0.3 is 0 Å². The van der Waals surface area contributed by atoms with Crippen LogP contribution in [0.15, 0.2) is 18.3 Å². The average Bonchev–Trinajstić information content (AvgIpc) is 2.48. The van der Waals surface area contributed by atoms with Gasteiger partial charge in [0.15, 0.2) is 0 Å². The number of aromatic nitrogens is 1. The Morgan fingerprint density at radius 3 is 2.33 bits per heavy atom. The molecule has 1 aromatic rings. The van der Waals surface area contributed by atoms with Crippen molar-refractivity contribution in [2.24, 2.45) is 5.92 Å². The maximum absolute atomic E-state index is 12.5. The molecule has 0 aliphatic heterocycles. The summed E-state index contributed by atoms with van der Waals surface area (Å²) in [6.07, 6.45) is 6.85. The molecule has 1 saturated carbocycles. The van der Waals surface area contributed by atoms with Crippen molar-refractivity contribution in [1.29, 1.82) is 0 Å². The summed E-state index contributed by atoms with van der Waals surface area (Å²) in [5, 5.41) is 0. The summed E-state index contributed by atoms with van der Waals surface area (Å²) < 4.78 is 37.5. The van der Waals surface area contributed by atoms with Gasteiger partial charge in [-0.2, -0.15) is 13.2 Å². The van der Waals surface area contributed by atoms with Gasteiger partial charge in [0, 0.05) is 6.20 Å². The summed E-state index contributed by atoms with van der Waals surface area (Å²) in [5.74, 6) is 1.21. The molecule has 1 aliphatic rings. The molecule has 0 bridgehead atoms. The van der Waals surface area contributed by atoms with E-state index in [-0.39, 0.29) is 0 Å². The van der Waals surface area contributed by atoms with Crippen LogP contribution >= 0.6 is 0 Å². The summed E-state index contributed by atoms with van der Waals surface area (Å²) in [5.41, 5.74) is 0.175. The van der Waals surface area contributed by atoms with Crippen LogP contribution in [0.3, 0.4) is 0 Å². The van der Waals surface area contributed by atoms with Gasteiger partial charge in [0.25, 0.3) is 0 Å². The third-order valence-corrected chi connectivity index (χ3v) is 4.61. The lowest BCUT2D eigenvalue weighted by atomic mass is 9.77. The molecule has 1 aliphatic carbocycles. The standard InChI is InChI=1S/C17H24F3N/c1-2-3-4-5-13-6-8-14(9-7-13)15-10-11-16(21-12-15)17(18,19)20/h10-14H,2-9H2,1H3. The summed E-state index contributed by atoms with van der Waals surface area (Å²) >= 11 is 0. The third kappa shape index (κ3) is 4.72. The molecule has 0 unspecified atom stereocenters. The number of halogens is 3. The molecule has 0 saturated heterocycles. The number of rotatable bonds is 5. The lowest BCUT2D eigenvalue weighted by Crippen LogP contribution is -2.14. The van der Waals surface area contributed by atoms with E-state index in [4.69, 9.17) is 0 Å². The molecule has 0 spiro atoms. The van der Waals surface area contributed by atoms with E-state index in [1.807, 2.05) is 0 Å². The van der Waals surface area contributed by atoms with Gasteiger partial charge in [0.05, 0.1) is 0 Å². The highest BCUT2D eigenvalue weighted by Crippen LogP contribution is 2.38. The molecular weight excluding hydrogens is 275 g/mol. The summed E-state index contributed by atoms with van der Waals surface area (Å²) in [4.78, 5) is 3.58. The first-order valence-corrected chi connectivity index (χ1v) is 8.04. The molecule has 118 valence electrons. The van der Waals surface area contributed by atoms with Crippen molar-refractivity contribution in [2.45, 2.75) is 70.4 Å². The third-order valence-electron chi connectivity index (χ3n) is 4.61. The van der Waals surface area contributed by atoms with E-state index in [9.17, 15) is 13.2 Å². The van der Waals surface area contributed by atoms with Crippen molar-refractivity contribution >= 4 is 0 Å². The lowest BCUT2D eigenvalue weighted by Gasteiger charge is -2.28. The Labute approximate surface area is 125 Å². The van der Waals surface area contributed by atoms with Crippen LogP contribution in [0, 0.1) is 5.92 Å². The fourth-order valence-electron chi connectivity index (χ4n) is 3.28. The molecule has 1 fully saturated rings. The Balaban J connectivity index is 1.85. The zero-order chi connectivity index (χ0) is 15.3. The predicted molar refractivity (Wildman–Crippen MR) is 78.1 cm³/mol. The molecule has 0 radical (unpaired) electrons. The fourth-order valence-corrected chi connectivity index (χ4v) is 3.28. The molecule has 0 atom stereocenters. The molecule has 1 nitrogen and oxygen atoms in total. The van der Waals surface area contributed by atoms with Gasteiger partial charge in [0.2, 0.25) is 0 Å². The van der Waals surface area contributed by atoms with Gasteiger partial charge in [0.1, 0.15) is 5.69 Å². The zero-order valence-corrected chi connectivity index (χ0v) is 12.6. The molecule has 21 heavy (non-hydrogen) atoms. The van der Waals surface area contributed by atoms with Crippen molar-refractivity contribution < 1.29 is 13.2 Å². The van der Waals surface area contributed by atoms with Crippen molar-refractivity contribution in [1.82, 2.24) is 4.98 Å². The van der Waals surface area contributed by atoms with Crippen LogP contribution in [0.1, 0.15) is 75.5 Å². The lowest BCUT2D eigenvalue weighted by molar-refractivity contribution is -0.141. The topological polar surface area (TPSA) is 12.9 Å². The van der Waals surface area contributed by atoms with Crippen LogP contribution in [-0.2, 0) is 6.18 Å². The summed E-state index contributed by atoms with van der Waals surface area (Å²) in [7, 11) is 0. The minimum absolute atomic E-state index is 0.391. The highest BCUT2D eigenvalue weighted by atomic mass is 19.4. The summed E-state index contributed by atoms with van der Waals surface area (Å²) in [6, 6.07) is 2.72. The maximum Gasteiger partial charge on any atom is 0.433 e. The minimum atomic E-state index is -4.34. The molecule has 1 heterocycles. The Kier molecular flexibility index (Phi) is 5.65. The van der Waals surface area contributed by atoms with Gasteiger partial charge in [-0.15, -0.1) is 0 Å². The summed E-state index contributed by atoms with van der Waals surface area (Å²) in [6.45, 7) is 2.22. The Morgan fingerprint density at radius 2 is 1.81 bits per heavy atom.